The van der Waals surface area contributed by atoms with Crippen molar-refractivity contribution in [3.63, 3.8) is 0 Å². The molecule has 126 valence electrons. The highest BCUT2D eigenvalue weighted by atomic mass is 19.4. The lowest BCUT2D eigenvalue weighted by molar-refractivity contribution is -0.345. The van der Waals surface area contributed by atoms with Crippen molar-refractivity contribution in [3.8, 4) is 0 Å². The second-order valence-corrected chi connectivity index (χ2v) is 5.13. The summed E-state index contributed by atoms with van der Waals surface area (Å²) in [7, 11) is 1.24. The molecule has 1 fully saturated rings. The molecule has 1 amide bonds. The molecular weight excluding hydrogens is 315 g/mol. The molecule has 0 aliphatic carbocycles. The number of ether oxygens (including phenoxy) is 2. The van der Waals surface area contributed by atoms with Crippen LogP contribution < -0.4 is 0 Å². The molecule has 0 aromatic heterocycles. The third-order valence-electron chi connectivity index (χ3n) is 3.56. The SMILES string of the molecule is COC(=O)c1cccc(C(=O)N2CCC(OC(F)(F)F)CC2)c1. The Balaban J connectivity index is 1.99. The zero-order valence-corrected chi connectivity index (χ0v) is 12.4. The Kier molecular flexibility index (Phi) is 5.25. The Hall–Kier alpha value is -2.09. The van der Waals surface area contributed by atoms with E-state index in [1.807, 2.05) is 0 Å². The monoisotopic (exact) mass is 331 g/mol. The molecule has 0 saturated carbocycles. The maximum atomic E-state index is 12.4. The maximum absolute atomic E-state index is 12.4. The van der Waals surface area contributed by atoms with Crippen molar-refractivity contribution < 1.29 is 32.2 Å². The molecule has 0 atom stereocenters. The van der Waals surface area contributed by atoms with Crippen LogP contribution in [0.3, 0.4) is 0 Å². The van der Waals surface area contributed by atoms with E-state index in [-0.39, 0.29) is 37.4 Å². The predicted octanol–water partition coefficient (Wildman–Crippen LogP) is 2.61. The Labute approximate surface area is 131 Å². The van der Waals surface area contributed by atoms with E-state index in [0.717, 1.165) is 0 Å². The van der Waals surface area contributed by atoms with Gasteiger partial charge in [-0.05, 0) is 31.0 Å². The fraction of sp³-hybridized carbons (Fsp3) is 0.467. The van der Waals surface area contributed by atoms with E-state index in [2.05, 4.69) is 9.47 Å². The van der Waals surface area contributed by atoms with Crippen LogP contribution in [-0.4, -0.2) is 49.4 Å². The van der Waals surface area contributed by atoms with Crippen LogP contribution in [0.1, 0.15) is 33.6 Å². The Morgan fingerprint density at radius 3 is 2.35 bits per heavy atom. The van der Waals surface area contributed by atoms with Crippen LogP contribution >= 0.6 is 0 Å². The third kappa shape index (κ3) is 4.69. The van der Waals surface area contributed by atoms with Crippen LogP contribution in [0.15, 0.2) is 24.3 Å². The molecule has 23 heavy (non-hydrogen) atoms. The molecular formula is C15H16F3NO4. The van der Waals surface area contributed by atoms with E-state index in [9.17, 15) is 22.8 Å². The Morgan fingerprint density at radius 1 is 1.17 bits per heavy atom. The van der Waals surface area contributed by atoms with Gasteiger partial charge in [0, 0.05) is 18.7 Å². The molecule has 1 aliphatic heterocycles. The molecule has 0 unspecified atom stereocenters. The van der Waals surface area contributed by atoms with Crippen molar-refractivity contribution >= 4 is 11.9 Å². The molecule has 2 rings (SSSR count). The summed E-state index contributed by atoms with van der Waals surface area (Å²) in [6, 6.07) is 6.03. The standard InChI is InChI=1S/C15H16F3NO4/c1-22-14(21)11-4-2-3-10(9-11)13(20)19-7-5-12(6-8-19)23-15(16,17)18/h2-4,9,12H,5-8H2,1H3. The number of piperidine rings is 1. The zero-order valence-electron chi connectivity index (χ0n) is 12.4. The van der Waals surface area contributed by atoms with E-state index >= 15 is 0 Å². The van der Waals surface area contributed by atoms with Gasteiger partial charge in [-0.2, -0.15) is 0 Å². The van der Waals surface area contributed by atoms with Gasteiger partial charge < -0.3 is 9.64 Å². The summed E-state index contributed by atoms with van der Waals surface area (Å²) in [6.45, 7) is 0.337. The van der Waals surface area contributed by atoms with Gasteiger partial charge in [0.1, 0.15) is 0 Å². The maximum Gasteiger partial charge on any atom is 0.522 e. The minimum Gasteiger partial charge on any atom is -0.465 e. The smallest absolute Gasteiger partial charge is 0.465 e. The van der Waals surface area contributed by atoms with Gasteiger partial charge in [0.05, 0.1) is 18.8 Å². The van der Waals surface area contributed by atoms with E-state index in [1.165, 1.54) is 24.1 Å². The number of likely N-dealkylation sites (tertiary alicyclic amines) is 1. The molecule has 8 heteroatoms. The number of esters is 1. The summed E-state index contributed by atoms with van der Waals surface area (Å²) in [6.07, 6.45) is -5.37. The highest BCUT2D eigenvalue weighted by molar-refractivity contribution is 5.97. The number of amides is 1. The molecule has 5 nitrogen and oxygen atoms in total. The van der Waals surface area contributed by atoms with E-state index in [1.54, 1.807) is 12.1 Å². The van der Waals surface area contributed by atoms with Gasteiger partial charge in [-0.3, -0.25) is 9.53 Å². The number of methoxy groups -OCH3 is 1. The van der Waals surface area contributed by atoms with Crippen LogP contribution in [0, 0.1) is 0 Å². The van der Waals surface area contributed by atoms with Crippen LogP contribution in [0.25, 0.3) is 0 Å². The second-order valence-electron chi connectivity index (χ2n) is 5.13. The summed E-state index contributed by atoms with van der Waals surface area (Å²) in [5.74, 6) is -0.891. The van der Waals surface area contributed by atoms with Crippen LogP contribution in [0.5, 0.6) is 0 Å². The van der Waals surface area contributed by atoms with Crippen LogP contribution in [0.4, 0.5) is 13.2 Å². The van der Waals surface area contributed by atoms with Crippen molar-refractivity contribution in [3.05, 3.63) is 35.4 Å². The largest absolute Gasteiger partial charge is 0.522 e. The van der Waals surface area contributed by atoms with Gasteiger partial charge in [-0.1, -0.05) is 6.07 Å². The number of halogens is 3. The first-order valence-corrected chi connectivity index (χ1v) is 7.02. The normalized spacial score (nSPS) is 16.3. The fourth-order valence-electron chi connectivity index (χ4n) is 2.45. The summed E-state index contributed by atoms with van der Waals surface area (Å²) in [5, 5.41) is 0. The predicted molar refractivity (Wildman–Crippen MR) is 73.8 cm³/mol. The Bertz CT molecular complexity index is 580. The number of alkyl halides is 3. The highest BCUT2D eigenvalue weighted by Crippen LogP contribution is 2.25. The molecule has 0 bridgehead atoms. The lowest BCUT2D eigenvalue weighted by Crippen LogP contribution is -2.42. The van der Waals surface area contributed by atoms with Crippen molar-refractivity contribution in [2.75, 3.05) is 20.2 Å². The van der Waals surface area contributed by atoms with Gasteiger partial charge >= 0.3 is 12.3 Å². The van der Waals surface area contributed by atoms with Gasteiger partial charge in [0.15, 0.2) is 0 Å². The number of carbonyl (C=O) groups excluding carboxylic acids is 2. The van der Waals surface area contributed by atoms with Gasteiger partial charge in [0.2, 0.25) is 0 Å². The van der Waals surface area contributed by atoms with Gasteiger partial charge in [-0.25, -0.2) is 4.79 Å². The molecule has 1 saturated heterocycles. The van der Waals surface area contributed by atoms with Crippen LogP contribution in [-0.2, 0) is 9.47 Å². The van der Waals surface area contributed by atoms with E-state index in [0.29, 0.717) is 5.56 Å². The van der Waals surface area contributed by atoms with Gasteiger partial charge in [0.25, 0.3) is 5.91 Å². The average molecular weight is 331 g/mol. The molecule has 0 N–H and O–H groups in total. The van der Waals surface area contributed by atoms with E-state index < -0.39 is 18.4 Å². The molecule has 1 aromatic rings. The molecule has 0 spiro atoms. The quantitative estimate of drug-likeness (QED) is 0.799. The van der Waals surface area contributed by atoms with Crippen molar-refractivity contribution in [1.82, 2.24) is 4.90 Å². The minimum absolute atomic E-state index is 0.113. The number of benzene rings is 1. The fourth-order valence-corrected chi connectivity index (χ4v) is 2.45. The summed E-state index contributed by atoms with van der Waals surface area (Å²) in [5.41, 5.74) is 0.539. The molecule has 1 aromatic carbocycles. The second kappa shape index (κ2) is 6.99. The first kappa shape index (κ1) is 17.3. The van der Waals surface area contributed by atoms with Gasteiger partial charge in [-0.15, -0.1) is 13.2 Å². The average Bonchev–Trinajstić information content (AvgIpc) is 2.53. The Morgan fingerprint density at radius 2 is 1.78 bits per heavy atom. The number of carbonyl (C=O) groups is 2. The number of hydrogen-bond acceptors (Lipinski definition) is 4. The third-order valence-corrected chi connectivity index (χ3v) is 3.56. The van der Waals surface area contributed by atoms with Crippen molar-refractivity contribution in [2.24, 2.45) is 0 Å². The van der Waals surface area contributed by atoms with Crippen molar-refractivity contribution in [2.45, 2.75) is 25.3 Å². The summed E-state index contributed by atoms with van der Waals surface area (Å²) in [4.78, 5) is 25.3. The molecule has 1 heterocycles. The summed E-state index contributed by atoms with van der Waals surface area (Å²) >= 11 is 0. The first-order chi connectivity index (χ1) is 10.8. The minimum atomic E-state index is -4.66. The number of hydrogen-bond donors (Lipinski definition) is 0. The van der Waals surface area contributed by atoms with Crippen LogP contribution in [0.2, 0.25) is 0 Å². The van der Waals surface area contributed by atoms with E-state index in [4.69, 9.17) is 0 Å². The lowest BCUT2D eigenvalue weighted by Gasteiger charge is -2.32. The number of rotatable bonds is 3. The van der Waals surface area contributed by atoms with Crippen molar-refractivity contribution in [1.29, 1.82) is 0 Å². The first-order valence-electron chi connectivity index (χ1n) is 7.02. The topological polar surface area (TPSA) is 55.8 Å². The highest BCUT2D eigenvalue weighted by Gasteiger charge is 2.35. The lowest BCUT2D eigenvalue weighted by atomic mass is 10.1. The number of nitrogens with zero attached hydrogens (tertiary/aromatic N) is 1. The summed E-state index contributed by atoms with van der Waals surface area (Å²) < 4.78 is 45.1. The zero-order chi connectivity index (χ0) is 17.0. The molecule has 0 radical (unpaired) electrons. The molecule has 1 aliphatic rings.